The summed E-state index contributed by atoms with van der Waals surface area (Å²) in [4.78, 5) is 23.5. The fourth-order valence-electron chi connectivity index (χ4n) is 9.28. The highest BCUT2D eigenvalue weighted by molar-refractivity contribution is 5.81. The van der Waals surface area contributed by atoms with Crippen LogP contribution in [0.15, 0.2) is 11.6 Å². The SMILES string of the molecule is C.CC(=O)CCC(=O)O[C@H]1CC[C@@]2(C)C(=CC[C@H]3[C@@H]4CC[C@H]([C@H](C)CCCC(C)C)[C@@]4(C)CC[C@@H]32)C1. The molecule has 0 heterocycles. The maximum absolute atomic E-state index is 12.2. The molecular formula is C33H56O3. The number of ketones is 1. The smallest absolute Gasteiger partial charge is 0.306 e. The maximum atomic E-state index is 12.2. The first kappa shape index (κ1) is 29.4. The molecule has 8 atom stereocenters. The second-order valence-corrected chi connectivity index (χ2v) is 13.8. The van der Waals surface area contributed by atoms with Crippen molar-refractivity contribution in [3.63, 3.8) is 0 Å². The molecule has 0 N–H and O–H groups in total. The van der Waals surface area contributed by atoms with E-state index in [1.807, 2.05) is 0 Å². The van der Waals surface area contributed by atoms with Gasteiger partial charge in [0.2, 0.25) is 0 Å². The summed E-state index contributed by atoms with van der Waals surface area (Å²) in [5, 5.41) is 0. The lowest BCUT2D eigenvalue weighted by atomic mass is 9.47. The minimum Gasteiger partial charge on any atom is -0.462 e. The van der Waals surface area contributed by atoms with Crippen LogP contribution >= 0.6 is 0 Å². The van der Waals surface area contributed by atoms with E-state index in [1.165, 1.54) is 58.3 Å². The molecular weight excluding hydrogens is 444 g/mol. The van der Waals surface area contributed by atoms with Gasteiger partial charge in [0.15, 0.2) is 0 Å². The molecule has 0 bridgehead atoms. The molecule has 0 spiro atoms. The van der Waals surface area contributed by atoms with Crippen molar-refractivity contribution < 1.29 is 14.3 Å². The molecule has 4 rings (SSSR count). The Labute approximate surface area is 222 Å². The van der Waals surface area contributed by atoms with Crippen molar-refractivity contribution in [3.8, 4) is 0 Å². The third kappa shape index (κ3) is 5.80. The van der Waals surface area contributed by atoms with Gasteiger partial charge in [0.25, 0.3) is 0 Å². The highest BCUT2D eigenvalue weighted by Gasteiger charge is 2.59. The Balaban J connectivity index is 0.00000361. The lowest BCUT2D eigenvalue weighted by Gasteiger charge is -2.58. The van der Waals surface area contributed by atoms with E-state index in [-0.39, 0.29) is 37.1 Å². The number of fused-ring (bicyclic) bond motifs is 5. The predicted octanol–water partition coefficient (Wildman–Crippen LogP) is 8.94. The molecule has 36 heavy (non-hydrogen) atoms. The molecule has 3 nitrogen and oxygen atoms in total. The van der Waals surface area contributed by atoms with E-state index in [0.29, 0.717) is 11.8 Å². The molecule has 0 aliphatic heterocycles. The van der Waals surface area contributed by atoms with Crippen LogP contribution in [0.1, 0.15) is 132 Å². The molecule has 4 aliphatic rings. The zero-order valence-corrected chi connectivity index (χ0v) is 23.5. The fraction of sp³-hybridized carbons (Fsp3) is 0.879. The van der Waals surface area contributed by atoms with Gasteiger partial charge >= 0.3 is 5.97 Å². The standard InChI is InChI=1S/C32H52O3.CH4/c1-21(2)8-7-9-22(3)27-13-14-28-26-12-11-24-20-25(35-30(34)15-10-23(4)33)16-18-31(24,5)29(26)17-19-32(27,28)6;/h11,21-22,25-29H,7-10,12-20H2,1-6H3;1H4/t22-,25+,26+,27-,28+,29+,31+,32-;/m1./s1. The molecule has 206 valence electrons. The summed E-state index contributed by atoms with van der Waals surface area (Å²) in [6, 6.07) is 0. The number of Topliss-reactive ketones (excluding diaryl/α,β-unsaturated/α-hetero) is 1. The van der Waals surface area contributed by atoms with Gasteiger partial charge < -0.3 is 9.53 Å². The van der Waals surface area contributed by atoms with E-state index in [1.54, 1.807) is 5.57 Å². The first-order chi connectivity index (χ1) is 16.5. The normalized spacial score (nSPS) is 38.2. The molecule has 3 heteroatoms. The van der Waals surface area contributed by atoms with Crippen LogP contribution < -0.4 is 0 Å². The van der Waals surface area contributed by atoms with E-state index in [0.717, 1.165) is 54.8 Å². The molecule has 0 aromatic carbocycles. The zero-order chi connectivity index (χ0) is 25.4. The van der Waals surface area contributed by atoms with Crippen molar-refractivity contribution in [2.75, 3.05) is 0 Å². The summed E-state index contributed by atoms with van der Waals surface area (Å²) >= 11 is 0. The van der Waals surface area contributed by atoms with Gasteiger partial charge in [-0.1, -0.05) is 73.0 Å². The van der Waals surface area contributed by atoms with Crippen LogP contribution in [0.3, 0.4) is 0 Å². The van der Waals surface area contributed by atoms with Gasteiger partial charge in [-0.05, 0) is 98.2 Å². The molecule has 3 saturated carbocycles. The van der Waals surface area contributed by atoms with E-state index >= 15 is 0 Å². The van der Waals surface area contributed by atoms with Gasteiger partial charge in [-0.2, -0.15) is 0 Å². The summed E-state index contributed by atoms with van der Waals surface area (Å²) in [6.45, 7) is 14.0. The summed E-state index contributed by atoms with van der Waals surface area (Å²) < 4.78 is 5.81. The van der Waals surface area contributed by atoms with Gasteiger partial charge in [-0.25, -0.2) is 0 Å². The summed E-state index contributed by atoms with van der Waals surface area (Å²) in [7, 11) is 0. The summed E-state index contributed by atoms with van der Waals surface area (Å²) in [5.41, 5.74) is 2.38. The minimum atomic E-state index is -0.198. The van der Waals surface area contributed by atoms with Crippen molar-refractivity contribution in [1.82, 2.24) is 0 Å². The second kappa shape index (κ2) is 11.7. The van der Waals surface area contributed by atoms with E-state index in [4.69, 9.17) is 4.74 Å². The Morgan fingerprint density at radius 2 is 1.75 bits per heavy atom. The third-order valence-corrected chi connectivity index (χ3v) is 11.2. The van der Waals surface area contributed by atoms with Crippen molar-refractivity contribution in [2.45, 2.75) is 139 Å². The fourth-order valence-corrected chi connectivity index (χ4v) is 9.28. The van der Waals surface area contributed by atoms with Gasteiger partial charge in [-0.15, -0.1) is 0 Å². The largest absolute Gasteiger partial charge is 0.462 e. The van der Waals surface area contributed by atoms with Gasteiger partial charge in [0, 0.05) is 12.8 Å². The molecule has 3 fully saturated rings. The summed E-state index contributed by atoms with van der Waals surface area (Å²) in [6.07, 6.45) is 17.2. The Kier molecular flexibility index (Phi) is 9.59. The average Bonchev–Trinajstić information content (AvgIpc) is 3.15. The van der Waals surface area contributed by atoms with Crippen LogP contribution in [0.4, 0.5) is 0 Å². The van der Waals surface area contributed by atoms with Gasteiger partial charge in [-0.3, -0.25) is 4.79 Å². The molecule has 4 aliphatic carbocycles. The third-order valence-electron chi connectivity index (χ3n) is 11.2. The molecule has 0 unspecified atom stereocenters. The van der Waals surface area contributed by atoms with Crippen molar-refractivity contribution in [1.29, 1.82) is 0 Å². The monoisotopic (exact) mass is 500 g/mol. The molecule has 0 saturated heterocycles. The molecule has 0 radical (unpaired) electrons. The Morgan fingerprint density at radius 3 is 2.44 bits per heavy atom. The van der Waals surface area contributed by atoms with E-state index in [2.05, 4.69) is 40.7 Å². The van der Waals surface area contributed by atoms with Crippen molar-refractivity contribution in [2.24, 2.45) is 46.3 Å². The predicted molar refractivity (Wildman–Crippen MR) is 150 cm³/mol. The topological polar surface area (TPSA) is 43.4 Å². The Hall–Kier alpha value is -1.12. The molecule has 0 aromatic rings. The molecule has 0 amide bonds. The van der Waals surface area contributed by atoms with Crippen LogP contribution in [0.2, 0.25) is 0 Å². The summed E-state index contributed by atoms with van der Waals surface area (Å²) in [5.74, 6) is 4.97. The van der Waals surface area contributed by atoms with Crippen LogP contribution in [0.5, 0.6) is 0 Å². The average molecular weight is 501 g/mol. The molecule has 0 aromatic heterocycles. The lowest BCUT2D eigenvalue weighted by Crippen LogP contribution is -2.51. The Bertz CT molecular complexity index is 812. The van der Waals surface area contributed by atoms with Gasteiger partial charge in [0.05, 0.1) is 6.42 Å². The lowest BCUT2D eigenvalue weighted by molar-refractivity contribution is -0.152. The number of allylic oxidation sites excluding steroid dienone is 1. The van der Waals surface area contributed by atoms with E-state index in [9.17, 15) is 9.59 Å². The number of carbonyl (C=O) groups excluding carboxylic acids is 2. The quantitative estimate of drug-likeness (QED) is 0.234. The Morgan fingerprint density at radius 1 is 1.00 bits per heavy atom. The number of carbonyl (C=O) groups is 2. The minimum absolute atomic E-state index is 0. The first-order valence-corrected chi connectivity index (χ1v) is 14.9. The van der Waals surface area contributed by atoms with Crippen LogP contribution in [0, 0.1) is 46.3 Å². The second-order valence-electron chi connectivity index (χ2n) is 13.8. The van der Waals surface area contributed by atoms with E-state index < -0.39 is 0 Å². The van der Waals surface area contributed by atoms with Gasteiger partial charge in [0.1, 0.15) is 11.9 Å². The van der Waals surface area contributed by atoms with Crippen LogP contribution in [0.25, 0.3) is 0 Å². The maximum Gasteiger partial charge on any atom is 0.306 e. The highest BCUT2D eigenvalue weighted by atomic mass is 16.5. The first-order valence-electron chi connectivity index (χ1n) is 14.9. The number of ether oxygens (including phenoxy) is 1. The highest BCUT2D eigenvalue weighted by Crippen LogP contribution is 2.67. The number of esters is 1. The van der Waals surface area contributed by atoms with Crippen LogP contribution in [-0.2, 0) is 14.3 Å². The number of hydrogen-bond donors (Lipinski definition) is 0. The van der Waals surface area contributed by atoms with Crippen molar-refractivity contribution >= 4 is 11.8 Å². The van der Waals surface area contributed by atoms with Crippen molar-refractivity contribution in [3.05, 3.63) is 11.6 Å². The number of hydrogen-bond acceptors (Lipinski definition) is 3. The number of rotatable bonds is 9. The zero-order valence-electron chi connectivity index (χ0n) is 23.5. The van der Waals surface area contributed by atoms with Crippen LogP contribution in [-0.4, -0.2) is 17.9 Å².